The molecule has 0 unspecified atom stereocenters. The molecule has 0 aliphatic heterocycles. The van der Waals surface area contributed by atoms with E-state index < -0.39 is 18.2 Å². The van der Waals surface area contributed by atoms with Crippen LogP contribution >= 0.6 is 11.6 Å². The summed E-state index contributed by atoms with van der Waals surface area (Å²) in [7, 11) is 0. The van der Waals surface area contributed by atoms with E-state index in [-0.39, 0.29) is 16.3 Å². The predicted molar refractivity (Wildman–Crippen MR) is 75.3 cm³/mol. The molecule has 2 aromatic rings. The molecule has 7 heteroatoms. The third-order valence-corrected chi connectivity index (χ3v) is 3.61. The van der Waals surface area contributed by atoms with Crippen LogP contribution in [0, 0.1) is 12.7 Å². The molecule has 1 atom stereocenters. The highest BCUT2D eigenvalue weighted by molar-refractivity contribution is 6.32. The number of hydrogen-bond acceptors (Lipinski definition) is 2. The fourth-order valence-corrected chi connectivity index (χ4v) is 2.28. The van der Waals surface area contributed by atoms with Gasteiger partial charge in [0, 0.05) is 5.56 Å². The molecule has 2 nitrogen and oxygen atoms in total. The van der Waals surface area contributed by atoms with E-state index in [1.165, 1.54) is 24.3 Å². The lowest BCUT2D eigenvalue weighted by Crippen LogP contribution is -2.17. The van der Waals surface area contributed by atoms with Gasteiger partial charge in [0.1, 0.15) is 11.6 Å². The van der Waals surface area contributed by atoms with Crippen molar-refractivity contribution >= 4 is 11.6 Å². The fourth-order valence-electron chi connectivity index (χ4n) is 2.01. The molecule has 0 radical (unpaired) electrons. The van der Waals surface area contributed by atoms with Gasteiger partial charge in [-0.3, -0.25) is 0 Å². The lowest BCUT2D eigenvalue weighted by Gasteiger charge is -2.17. The number of nitrogens with two attached hydrogens (primary N) is 1. The Bertz CT molecular complexity index is 670. The summed E-state index contributed by atoms with van der Waals surface area (Å²) in [6.07, 6.45) is -4.77. The number of hydrogen-bond donors (Lipinski definition) is 1. The van der Waals surface area contributed by atoms with E-state index in [2.05, 4.69) is 4.74 Å². The average molecular weight is 334 g/mol. The van der Waals surface area contributed by atoms with Gasteiger partial charge in [0.2, 0.25) is 0 Å². The van der Waals surface area contributed by atoms with Crippen molar-refractivity contribution < 1.29 is 22.3 Å². The molecule has 0 saturated carbocycles. The van der Waals surface area contributed by atoms with Crippen molar-refractivity contribution in [3.05, 3.63) is 63.9 Å². The van der Waals surface area contributed by atoms with Gasteiger partial charge in [-0.05, 0) is 36.2 Å². The van der Waals surface area contributed by atoms with Crippen LogP contribution in [0.4, 0.5) is 17.6 Å². The monoisotopic (exact) mass is 333 g/mol. The van der Waals surface area contributed by atoms with Crippen molar-refractivity contribution in [1.82, 2.24) is 0 Å². The second-order valence-corrected chi connectivity index (χ2v) is 5.06. The second kappa shape index (κ2) is 6.14. The Morgan fingerprint density at radius 3 is 2.23 bits per heavy atom. The molecule has 0 fully saturated rings. The molecule has 2 N–H and O–H groups in total. The van der Waals surface area contributed by atoms with Crippen molar-refractivity contribution in [3.8, 4) is 5.75 Å². The number of ether oxygens (including phenoxy) is 1. The van der Waals surface area contributed by atoms with Crippen LogP contribution in [0.25, 0.3) is 0 Å². The largest absolute Gasteiger partial charge is 0.573 e. The fraction of sp³-hybridized carbons (Fsp3) is 0.200. The molecular weight excluding hydrogens is 322 g/mol. The maximum Gasteiger partial charge on any atom is 0.573 e. The van der Waals surface area contributed by atoms with Crippen molar-refractivity contribution in [2.45, 2.75) is 19.3 Å². The van der Waals surface area contributed by atoms with E-state index in [1.807, 2.05) is 0 Å². The van der Waals surface area contributed by atoms with E-state index >= 15 is 0 Å². The highest BCUT2D eigenvalue weighted by atomic mass is 35.5. The first kappa shape index (κ1) is 16.6. The average Bonchev–Trinajstić information content (AvgIpc) is 2.42. The van der Waals surface area contributed by atoms with Crippen LogP contribution < -0.4 is 10.5 Å². The summed E-state index contributed by atoms with van der Waals surface area (Å²) >= 11 is 6.07. The number of halogens is 5. The molecule has 0 spiro atoms. The Balaban J connectivity index is 2.31. The number of benzene rings is 2. The van der Waals surface area contributed by atoms with Gasteiger partial charge in [0.25, 0.3) is 0 Å². The van der Waals surface area contributed by atoms with Crippen LogP contribution in [0.1, 0.15) is 22.7 Å². The third kappa shape index (κ3) is 3.69. The highest BCUT2D eigenvalue weighted by Crippen LogP contribution is 2.32. The Labute approximate surface area is 129 Å². The maximum atomic E-state index is 13.9. The quantitative estimate of drug-likeness (QED) is 0.824. The van der Waals surface area contributed by atoms with Crippen LogP contribution in [0.15, 0.2) is 36.4 Å². The summed E-state index contributed by atoms with van der Waals surface area (Å²) in [5, 5.41) is 0.197. The van der Waals surface area contributed by atoms with Crippen molar-refractivity contribution in [3.63, 3.8) is 0 Å². The molecule has 2 aromatic carbocycles. The molecule has 0 saturated heterocycles. The first-order chi connectivity index (χ1) is 10.2. The third-order valence-electron chi connectivity index (χ3n) is 3.10. The van der Waals surface area contributed by atoms with Crippen molar-refractivity contribution in [2.75, 3.05) is 0 Å². The summed E-state index contributed by atoms with van der Waals surface area (Å²) in [4.78, 5) is 0. The van der Waals surface area contributed by atoms with E-state index in [4.69, 9.17) is 17.3 Å². The zero-order valence-corrected chi connectivity index (χ0v) is 12.2. The minimum absolute atomic E-state index is 0.103. The van der Waals surface area contributed by atoms with E-state index in [9.17, 15) is 17.6 Å². The van der Waals surface area contributed by atoms with Gasteiger partial charge < -0.3 is 10.5 Å². The Hall–Kier alpha value is -1.79. The SMILES string of the molecule is Cc1ccc(F)c([C@@H](N)c2ccc(OC(F)(F)F)cc2)c1Cl. The van der Waals surface area contributed by atoms with E-state index in [0.29, 0.717) is 11.1 Å². The van der Waals surface area contributed by atoms with Crippen LogP contribution in [-0.2, 0) is 0 Å². The van der Waals surface area contributed by atoms with Crippen LogP contribution in [-0.4, -0.2) is 6.36 Å². The molecule has 2 rings (SSSR count). The lowest BCUT2D eigenvalue weighted by atomic mass is 9.97. The number of aryl methyl sites for hydroxylation is 1. The van der Waals surface area contributed by atoms with E-state index in [0.717, 1.165) is 12.1 Å². The summed E-state index contributed by atoms with van der Waals surface area (Å²) in [6, 6.07) is 6.78. The molecule has 0 bridgehead atoms. The first-order valence-corrected chi connectivity index (χ1v) is 6.62. The minimum Gasteiger partial charge on any atom is -0.406 e. The van der Waals surface area contributed by atoms with Gasteiger partial charge in [-0.1, -0.05) is 29.8 Å². The molecule has 0 aromatic heterocycles. The van der Waals surface area contributed by atoms with Crippen LogP contribution in [0.2, 0.25) is 5.02 Å². The molecule has 0 amide bonds. The zero-order chi connectivity index (χ0) is 16.5. The lowest BCUT2D eigenvalue weighted by molar-refractivity contribution is -0.274. The predicted octanol–water partition coefficient (Wildman–Crippen LogP) is 4.73. The smallest absolute Gasteiger partial charge is 0.406 e. The first-order valence-electron chi connectivity index (χ1n) is 6.25. The summed E-state index contributed by atoms with van der Waals surface area (Å²) in [5.74, 6) is -0.946. The summed E-state index contributed by atoms with van der Waals surface area (Å²) in [5.41, 5.74) is 7.16. The Morgan fingerprint density at radius 2 is 1.68 bits per heavy atom. The number of alkyl halides is 3. The van der Waals surface area contributed by atoms with E-state index in [1.54, 1.807) is 6.92 Å². The molecule has 22 heavy (non-hydrogen) atoms. The van der Waals surface area contributed by atoms with Gasteiger partial charge in [-0.25, -0.2) is 4.39 Å². The Morgan fingerprint density at radius 1 is 1.09 bits per heavy atom. The van der Waals surface area contributed by atoms with Gasteiger partial charge in [-0.15, -0.1) is 13.2 Å². The molecule has 0 heterocycles. The molecule has 118 valence electrons. The Kier molecular flexibility index (Phi) is 4.63. The zero-order valence-electron chi connectivity index (χ0n) is 11.4. The molecule has 0 aliphatic carbocycles. The van der Waals surface area contributed by atoms with Gasteiger partial charge >= 0.3 is 6.36 Å². The van der Waals surface area contributed by atoms with Crippen molar-refractivity contribution in [1.29, 1.82) is 0 Å². The van der Waals surface area contributed by atoms with Crippen LogP contribution in [0.5, 0.6) is 5.75 Å². The highest BCUT2D eigenvalue weighted by Gasteiger charge is 2.31. The minimum atomic E-state index is -4.77. The summed E-state index contributed by atoms with van der Waals surface area (Å²) < 4.78 is 54.0. The van der Waals surface area contributed by atoms with Crippen molar-refractivity contribution in [2.24, 2.45) is 5.73 Å². The van der Waals surface area contributed by atoms with Gasteiger partial charge in [-0.2, -0.15) is 0 Å². The van der Waals surface area contributed by atoms with Gasteiger partial charge in [0.15, 0.2) is 0 Å². The standard InChI is InChI=1S/C15H12ClF4NO/c1-8-2-7-11(17)12(13(8)16)14(21)9-3-5-10(6-4-9)22-15(18,19)20/h2-7,14H,21H2,1H3/t14-/m0/s1. The van der Waals surface area contributed by atoms with Gasteiger partial charge in [0.05, 0.1) is 11.1 Å². The molecular formula is C15H12ClF4NO. The number of rotatable bonds is 3. The molecule has 0 aliphatic rings. The maximum absolute atomic E-state index is 13.9. The van der Waals surface area contributed by atoms with Crippen LogP contribution in [0.3, 0.4) is 0 Å². The topological polar surface area (TPSA) is 35.2 Å². The normalized spacial score (nSPS) is 13.0. The second-order valence-electron chi connectivity index (χ2n) is 4.69. The summed E-state index contributed by atoms with van der Waals surface area (Å²) in [6.45, 7) is 1.71.